The fourth-order valence-electron chi connectivity index (χ4n) is 2.12. The molecule has 0 spiro atoms. The van der Waals surface area contributed by atoms with Crippen LogP contribution in [0, 0.1) is 11.6 Å². The molecule has 0 aliphatic heterocycles. The highest BCUT2D eigenvalue weighted by molar-refractivity contribution is 5.94. The Morgan fingerprint density at radius 2 is 1.73 bits per heavy atom. The smallest absolute Gasteiger partial charge is 0.241 e. The average Bonchev–Trinajstić information content (AvgIpc) is 2.51. The molecule has 0 aromatic heterocycles. The second-order valence-corrected chi connectivity index (χ2v) is 5.13. The number of benzene rings is 2. The van der Waals surface area contributed by atoms with Crippen LogP contribution < -0.4 is 10.6 Å². The highest BCUT2D eigenvalue weighted by atomic mass is 19.1. The number of nitrogens with one attached hydrogen (secondary N) is 2. The molecule has 2 aromatic carbocycles. The van der Waals surface area contributed by atoms with E-state index in [4.69, 9.17) is 0 Å². The number of rotatable bonds is 5. The molecule has 22 heavy (non-hydrogen) atoms. The van der Waals surface area contributed by atoms with Crippen LogP contribution in [0.2, 0.25) is 0 Å². The monoisotopic (exact) mass is 304 g/mol. The molecule has 0 saturated heterocycles. The van der Waals surface area contributed by atoms with Crippen LogP contribution in [0.3, 0.4) is 0 Å². The predicted molar refractivity (Wildman–Crippen MR) is 82.4 cm³/mol. The van der Waals surface area contributed by atoms with Crippen LogP contribution in [0.1, 0.15) is 25.5 Å². The van der Waals surface area contributed by atoms with Gasteiger partial charge in [0.1, 0.15) is 11.6 Å². The van der Waals surface area contributed by atoms with Gasteiger partial charge in [-0.05, 0) is 31.5 Å². The second-order valence-electron chi connectivity index (χ2n) is 5.13. The van der Waals surface area contributed by atoms with Crippen LogP contribution in [0.4, 0.5) is 14.5 Å². The van der Waals surface area contributed by atoms with Crippen molar-refractivity contribution in [1.82, 2.24) is 5.32 Å². The molecular formula is C17H18F2N2O. The third kappa shape index (κ3) is 4.11. The maximum absolute atomic E-state index is 13.5. The third-order valence-electron chi connectivity index (χ3n) is 3.38. The number of hydrogen-bond donors (Lipinski definition) is 2. The molecule has 2 atom stereocenters. The van der Waals surface area contributed by atoms with Crippen LogP contribution >= 0.6 is 0 Å². The molecule has 116 valence electrons. The molecular weight excluding hydrogens is 286 g/mol. The summed E-state index contributed by atoms with van der Waals surface area (Å²) in [6.07, 6.45) is 0. The van der Waals surface area contributed by atoms with E-state index in [-0.39, 0.29) is 11.7 Å². The molecule has 0 radical (unpaired) electrons. The Hall–Kier alpha value is -2.27. The van der Waals surface area contributed by atoms with E-state index >= 15 is 0 Å². The lowest BCUT2D eigenvalue weighted by atomic mass is 10.1. The van der Waals surface area contributed by atoms with Crippen molar-refractivity contribution < 1.29 is 13.6 Å². The van der Waals surface area contributed by atoms with Crippen LogP contribution in [0.25, 0.3) is 0 Å². The standard InChI is InChI=1S/C17H18F2N2O/c1-11(13-6-4-3-5-7-13)20-12(2)17(22)21-16-10-14(18)8-9-15(16)19/h3-12,20H,1-2H3,(H,21,22)/t11-,12+/m1/s1. The summed E-state index contributed by atoms with van der Waals surface area (Å²) in [7, 11) is 0. The molecule has 5 heteroatoms. The van der Waals surface area contributed by atoms with Crippen molar-refractivity contribution in [3.05, 3.63) is 65.7 Å². The van der Waals surface area contributed by atoms with Crippen LogP contribution in [-0.2, 0) is 4.79 Å². The topological polar surface area (TPSA) is 41.1 Å². The van der Waals surface area contributed by atoms with Gasteiger partial charge >= 0.3 is 0 Å². The van der Waals surface area contributed by atoms with Crippen LogP contribution in [-0.4, -0.2) is 11.9 Å². The van der Waals surface area contributed by atoms with Gasteiger partial charge in [0.15, 0.2) is 0 Å². The molecule has 0 fully saturated rings. The largest absolute Gasteiger partial charge is 0.322 e. The van der Waals surface area contributed by atoms with Crippen molar-refractivity contribution in [2.24, 2.45) is 0 Å². The van der Waals surface area contributed by atoms with Gasteiger partial charge in [0.2, 0.25) is 5.91 Å². The van der Waals surface area contributed by atoms with Crippen LogP contribution in [0.15, 0.2) is 48.5 Å². The zero-order valence-electron chi connectivity index (χ0n) is 12.4. The van der Waals surface area contributed by atoms with E-state index in [9.17, 15) is 13.6 Å². The number of anilines is 1. The lowest BCUT2D eigenvalue weighted by molar-refractivity contribution is -0.118. The maximum atomic E-state index is 13.5. The Labute approximate surface area is 128 Å². The number of carbonyl (C=O) groups is 1. The highest BCUT2D eigenvalue weighted by Gasteiger charge is 2.17. The van der Waals surface area contributed by atoms with Gasteiger partial charge < -0.3 is 5.32 Å². The average molecular weight is 304 g/mol. The molecule has 0 bridgehead atoms. The van der Waals surface area contributed by atoms with Crippen molar-refractivity contribution in [2.75, 3.05) is 5.32 Å². The van der Waals surface area contributed by atoms with E-state index in [2.05, 4.69) is 10.6 Å². The van der Waals surface area contributed by atoms with E-state index in [0.717, 1.165) is 23.8 Å². The lowest BCUT2D eigenvalue weighted by Gasteiger charge is -2.20. The van der Waals surface area contributed by atoms with Gasteiger partial charge in [0.05, 0.1) is 11.7 Å². The fourth-order valence-corrected chi connectivity index (χ4v) is 2.12. The van der Waals surface area contributed by atoms with Crippen molar-refractivity contribution in [2.45, 2.75) is 25.9 Å². The molecule has 2 N–H and O–H groups in total. The molecule has 2 aromatic rings. The Bertz CT molecular complexity index is 646. The molecule has 2 rings (SSSR count). The minimum absolute atomic E-state index is 0.0423. The highest BCUT2D eigenvalue weighted by Crippen LogP contribution is 2.16. The summed E-state index contributed by atoms with van der Waals surface area (Å²) in [5.74, 6) is -1.69. The van der Waals surface area contributed by atoms with E-state index in [1.54, 1.807) is 6.92 Å². The summed E-state index contributed by atoms with van der Waals surface area (Å²) >= 11 is 0. The number of carbonyl (C=O) groups excluding carboxylic acids is 1. The van der Waals surface area contributed by atoms with Gasteiger partial charge in [-0.15, -0.1) is 0 Å². The summed E-state index contributed by atoms with van der Waals surface area (Å²) in [6.45, 7) is 3.61. The summed E-state index contributed by atoms with van der Waals surface area (Å²) in [4.78, 5) is 12.1. The Morgan fingerprint density at radius 3 is 2.41 bits per heavy atom. The molecule has 0 saturated carbocycles. The summed E-state index contributed by atoms with van der Waals surface area (Å²) < 4.78 is 26.6. The SMILES string of the molecule is C[C@H](N[C@H](C)c1ccccc1)C(=O)Nc1cc(F)ccc1F. The fraction of sp³-hybridized carbons (Fsp3) is 0.235. The van der Waals surface area contributed by atoms with Crippen molar-refractivity contribution in [3.8, 4) is 0 Å². The number of hydrogen-bond acceptors (Lipinski definition) is 2. The zero-order chi connectivity index (χ0) is 16.1. The maximum Gasteiger partial charge on any atom is 0.241 e. The molecule has 0 aliphatic carbocycles. The molecule has 0 unspecified atom stereocenters. The Kier molecular flexibility index (Phi) is 5.22. The first-order valence-corrected chi connectivity index (χ1v) is 7.04. The van der Waals surface area contributed by atoms with Crippen molar-refractivity contribution in [3.63, 3.8) is 0 Å². The van der Waals surface area contributed by atoms with Gasteiger partial charge in [-0.1, -0.05) is 30.3 Å². The molecule has 0 aliphatic rings. The van der Waals surface area contributed by atoms with Crippen molar-refractivity contribution >= 4 is 11.6 Å². The normalized spacial score (nSPS) is 13.5. The third-order valence-corrected chi connectivity index (χ3v) is 3.38. The second kappa shape index (κ2) is 7.13. The minimum atomic E-state index is -0.668. The summed E-state index contributed by atoms with van der Waals surface area (Å²) in [6, 6.07) is 12.0. The van der Waals surface area contributed by atoms with Gasteiger partial charge in [-0.25, -0.2) is 8.78 Å². The van der Waals surface area contributed by atoms with Crippen LogP contribution in [0.5, 0.6) is 0 Å². The summed E-state index contributed by atoms with van der Waals surface area (Å²) in [5.41, 5.74) is 0.880. The van der Waals surface area contributed by atoms with Gasteiger partial charge in [-0.2, -0.15) is 0 Å². The molecule has 3 nitrogen and oxygen atoms in total. The number of amides is 1. The van der Waals surface area contributed by atoms with E-state index in [0.29, 0.717) is 0 Å². The Morgan fingerprint density at radius 1 is 1.05 bits per heavy atom. The minimum Gasteiger partial charge on any atom is -0.322 e. The summed E-state index contributed by atoms with van der Waals surface area (Å²) in [5, 5.41) is 5.51. The first-order chi connectivity index (χ1) is 10.5. The van der Waals surface area contributed by atoms with E-state index in [1.165, 1.54) is 0 Å². The van der Waals surface area contributed by atoms with Gasteiger partial charge in [0.25, 0.3) is 0 Å². The van der Waals surface area contributed by atoms with E-state index in [1.807, 2.05) is 37.3 Å². The van der Waals surface area contributed by atoms with Gasteiger partial charge in [-0.3, -0.25) is 10.1 Å². The Balaban J connectivity index is 1.99. The van der Waals surface area contributed by atoms with Crippen molar-refractivity contribution in [1.29, 1.82) is 0 Å². The first-order valence-electron chi connectivity index (χ1n) is 7.04. The lowest BCUT2D eigenvalue weighted by Crippen LogP contribution is -2.39. The quantitative estimate of drug-likeness (QED) is 0.885. The van der Waals surface area contributed by atoms with Gasteiger partial charge in [0, 0.05) is 12.1 Å². The zero-order valence-corrected chi connectivity index (χ0v) is 12.4. The molecule has 0 heterocycles. The first kappa shape index (κ1) is 16.1. The number of halogens is 2. The molecule has 1 amide bonds. The van der Waals surface area contributed by atoms with E-state index < -0.39 is 23.6 Å². The predicted octanol–water partition coefficient (Wildman–Crippen LogP) is 3.64.